The van der Waals surface area contributed by atoms with E-state index in [1.54, 1.807) is 0 Å². The van der Waals surface area contributed by atoms with E-state index in [4.69, 9.17) is 0 Å². The quantitative estimate of drug-likeness (QED) is 0.789. The first-order chi connectivity index (χ1) is 8.12. The van der Waals surface area contributed by atoms with Gasteiger partial charge < -0.3 is 5.32 Å². The molecule has 0 saturated heterocycles. The first-order valence-electron chi connectivity index (χ1n) is 6.82. The summed E-state index contributed by atoms with van der Waals surface area (Å²) in [5.41, 5.74) is 2.60. The minimum absolute atomic E-state index is 0.687. The first kappa shape index (κ1) is 14.2. The van der Waals surface area contributed by atoms with E-state index in [1.165, 1.54) is 11.4 Å². The zero-order valence-corrected chi connectivity index (χ0v) is 12.0. The number of nitrogens with zero attached hydrogens (tertiary/aromatic N) is 2. The van der Waals surface area contributed by atoms with Gasteiger partial charge in [-0.15, -0.1) is 0 Å². The molecule has 0 amide bonds. The van der Waals surface area contributed by atoms with E-state index in [-0.39, 0.29) is 0 Å². The average molecular weight is 237 g/mol. The lowest BCUT2D eigenvalue weighted by Gasteiger charge is -2.20. The lowest BCUT2D eigenvalue weighted by Crippen LogP contribution is -2.26. The van der Waals surface area contributed by atoms with Crippen LogP contribution in [0.5, 0.6) is 0 Å². The van der Waals surface area contributed by atoms with Crippen LogP contribution in [-0.4, -0.2) is 23.4 Å². The molecular weight excluding hydrogens is 210 g/mol. The molecule has 1 N–H and O–H groups in total. The van der Waals surface area contributed by atoms with E-state index in [1.807, 2.05) is 7.05 Å². The van der Waals surface area contributed by atoms with Gasteiger partial charge in [0.25, 0.3) is 0 Å². The normalized spacial score (nSPS) is 13.3. The number of aromatic nitrogens is 2. The van der Waals surface area contributed by atoms with Gasteiger partial charge >= 0.3 is 0 Å². The molecule has 0 spiro atoms. The summed E-state index contributed by atoms with van der Waals surface area (Å²) in [4.78, 5) is 0. The molecule has 3 heteroatoms. The van der Waals surface area contributed by atoms with Gasteiger partial charge in [0.1, 0.15) is 0 Å². The Bertz CT molecular complexity index is 328. The lowest BCUT2D eigenvalue weighted by atomic mass is 9.91. The molecule has 0 aliphatic heterocycles. The van der Waals surface area contributed by atoms with Crippen LogP contribution in [0, 0.1) is 11.8 Å². The monoisotopic (exact) mass is 237 g/mol. The molecule has 1 heterocycles. The smallest absolute Gasteiger partial charge is 0.0624 e. The van der Waals surface area contributed by atoms with Gasteiger partial charge in [-0.25, -0.2) is 0 Å². The molecule has 0 fully saturated rings. The highest BCUT2D eigenvalue weighted by Crippen LogP contribution is 2.18. The van der Waals surface area contributed by atoms with Crippen LogP contribution in [0.2, 0.25) is 0 Å². The zero-order valence-electron chi connectivity index (χ0n) is 12.0. The largest absolute Gasteiger partial charge is 0.319 e. The molecule has 1 unspecified atom stereocenters. The lowest BCUT2D eigenvalue weighted by molar-refractivity contribution is 0.361. The Morgan fingerprint density at radius 3 is 2.53 bits per heavy atom. The van der Waals surface area contributed by atoms with Crippen molar-refractivity contribution in [2.24, 2.45) is 11.8 Å². The van der Waals surface area contributed by atoms with Crippen molar-refractivity contribution in [3.05, 3.63) is 17.5 Å². The highest BCUT2D eigenvalue weighted by atomic mass is 15.3. The zero-order chi connectivity index (χ0) is 12.8. The SMILES string of the molecule is CCc1cc(CC(CNC)C(C)C)n(CC)n1. The Hall–Kier alpha value is -0.830. The molecule has 1 aromatic rings. The topological polar surface area (TPSA) is 29.9 Å². The maximum atomic E-state index is 4.62. The van der Waals surface area contributed by atoms with Crippen molar-refractivity contribution < 1.29 is 0 Å². The van der Waals surface area contributed by atoms with E-state index < -0.39 is 0 Å². The second kappa shape index (κ2) is 6.80. The molecule has 1 atom stereocenters. The van der Waals surface area contributed by atoms with E-state index in [9.17, 15) is 0 Å². The van der Waals surface area contributed by atoms with Crippen LogP contribution in [-0.2, 0) is 19.4 Å². The third-order valence-corrected chi connectivity index (χ3v) is 3.46. The summed E-state index contributed by atoms with van der Waals surface area (Å²) in [5.74, 6) is 1.39. The van der Waals surface area contributed by atoms with Crippen LogP contribution in [0.4, 0.5) is 0 Å². The molecule has 0 bridgehead atoms. The average Bonchev–Trinajstić information content (AvgIpc) is 2.70. The van der Waals surface area contributed by atoms with E-state index >= 15 is 0 Å². The van der Waals surface area contributed by atoms with Gasteiger partial charge in [0.2, 0.25) is 0 Å². The number of hydrogen-bond donors (Lipinski definition) is 1. The first-order valence-corrected chi connectivity index (χ1v) is 6.82. The summed E-state index contributed by atoms with van der Waals surface area (Å²) >= 11 is 0. The van der Waals surface area contributed by atoms with E-state index in [0.29, 0.717) is 11.8 Å². The molecule has 3 nitrogen and oxygen atoms in total. The van der Waals surface area contributed by atoms with Gasteiger partial charge in [0, 0.05) is 12.2 Å². The Labute approximate surface area is 106 Å². The molecular formula is C14H27N3. The minimum Gasteiger partial charge on any atom is -0.319 e. The number of nitrogens with one attached hydrogen (secondary N) is 1. The Balaban J connectivity index is 2.80. The van der Waals surface area contributed by atoms with Crippen LogP contribution >= 0.6 is 0 Å². The molecule has 0 radical (unpaired) electrons. The highest BCUT2D eigenvalue weighted by Gasteiger charge is 2.16. The van der Waals surface area contributed by atoms with Gasteiger partial charge in [0.05, 0.1) is 5.69 Å². The fourth-order valence-corrected chi connectivity index (χ4v) is 2.20. The fraction of sp³-hybridized carbons (Fsp3) is 0.786. The third kappa shape index (κ3) is 3.84. The number of rotatable bonds is 7. The summed E-state index contributed by atoms with van der Waals surface area (Å²) in [5, 5.41) is 7.91. The summed E-state index contributed by atoms with van der Waals surface area (Å²) in [6.07, 6.45) is 2.15. The maximum absolute atomic E-state index is 4.62. The molecule has 1 aromatic heterocycles. The third-order valence-electron chi connectivity index (χ3n) is 3.46. The van der Waals surface area contributed by atoms with Crippen molar-refractivity contribution in [2.75, 3.05) is 13.6 Å². The van der Waals surface area contributed by atoms with Crippen molar-refractivity contribution in [3.8, 4) is 0 Å². The molecule has 17 heavy (non-hydrogen) atoms. The van der Waals surface area contributed by atoms with Crippen LogP contribution in [0.3, 0.4) is 0 Å². The second-order valence-electron chi connectivity index (χ2n) is 5.06. The number of aryl methyl sites for hydroxylation is 2. The van der Waals surface area contributed by atoms with Crippen LogP contribution < -0.4 is 5.32 Å². The molecule has 0 aliphatic carbocycles. The van der Waals surface area contributed by atoms with Gasteiger partial charge in [-0.05, 0) is 51.3 Å². The summed E-state index contributed by atoms with van der Waals surface area (Å²) < 4.78 is 2.16. The van der Waals surface area contributed by atoms with Crippen molar-refractivity contribution in [1.82, 2.24) is 15.1 Å². The standard InChI is InChI=1S/C14H27N3/c1-6-13-9-14(17(7-2)16-13)8-12(10-15-5)11(3)4/h9,11-12,15H,6-8,10H2,1-5H3. The minimum atomic E-state index is 0.687. The van der Waals surface area contributed by atoms with Crippen molar-refractivity contribution >= 4 is 0 Å². The number of hydrogen-bond acceptors (Lipinski definition) is 2. The predicted molar refractivity (Wildman–Crippen MR) is 73.2 cm³/mol. The maximum Gasteiger partial charge on any atom is 0.0624 e. The van der Waals surface area contributed by atoms with Gasteiger partial charge in [-0.1, -0.05) is 20.8 Å². The second-order valence-corrected chi connectivity index (χ2v) is 5.06. The summed E-state index contributed by atoms with van der Waals surface area (Å²) in [7, 11) is 2.03. The molecule has 0 saturated carbocycles. The van der Waals surface area contributed by atoms with Crippen LogP contribution in [0.15, 0.2) is 6.07 Å². The Kier molecular flexibility index (Phi) is 5.69. The van der Waals surface area contributed by atoms with E-state index in [0.717, 1.165) is 25.9 Å². The Morgan fingerprint density at radius 1 is 1.35 bits per heavy atom. The highest BCUT2D eigenvalue weighted by molar-refractivity contribution is 5.11. The van der Waals surface area contributed by atoms with Gasteiger partial charge in [-0.3, -0.25) is 4.68 Å². The van der Waals surface area contributed by atoms with Crippen LogP contribution in [0.1, 0.15) is 39.1 Å². The summed E-state index contributed by atoms with van der Waals surface area (Å²) in [6, 6.07) is 2.27. The van der Waals surface area contributed by atoms with Crippen molar-refractivity contribution in [3.63, 3.8) is 0 Å². The van der Waals surface area contributed by atoms with E-state index in [2.05, 4.69) is 48.9 Å². The van der Waals surface area contributed by atoms with Crippen LogP contribution in [0.25, 0.3) is 0 Å². The van der Waals surface area contributed by atoms with Gasteiger partial charge in [0.15, 0.2) is 0 Å². The molecule has 0 aromatic carbocycles. The summed E-state index contributed by atoms with van der Waals surface area (Å²) in [6.45, 7) is 11.0. The molecule has 0 aliphatic rings. The van der Waals surface area contributed by atoms with Gasteiger partial charge in [-0.2, -0.15) is 5.10 Å². The van der Waals surface area contributed by atoms with Crippen molar-refractivity contribution in [2.45, 2.75) is 47.1 Å². The molecule has 1 rings (SSSR count). The predicted octanol–water partition coefficient (Wildman–Crippen LogP) is 2.50. The van der Waals surface area contributed by atoms with Crippen molar-refractivity contribution in [1.29, 1.82) is 0 Å². The Morgan fingerprint density at radius 2 is 2.06 bits per heavy atom. The fourth-order valence-electron chi connectivity index (χ4n) is 2.20. The molecule has 98 valence electrons.